The molecule has 1 aromatic rings. The van der Waals surface area contributed by atoms with Crippen molar-refractivity contribution in [2.45, 2.75) is 26.7 Å². The molecule has 56 valence electrons. The number of H-pyrrole nitrogens is 1. The molecule has 0 aliphatic carbocycles. The number of aromatic nitrogens is 2. The molecule has 1 rings (SSSR count). The number of aromatic amines is 1. The zero-order valence-electron chi connectivity index (χ0n) is 6.24. The number of imidazole rings is 1. The number of hydrogen-bond acceptors (Lipinski definition) is 1. The molecular weight excluding hydrogens is 148 g/mol. The van der Waals surface area contributed by atoms with E-state index in [1.807, 2.05) is 0 Å². The molecule has 0 unspecified atom stereocenters. The highest BCUT2D eigenvalue weighted by Crippen LogP contribution is 2.10. The second kappa shape index (κ2) is 3.06. The number of aryl methyl sites for hydroxylation is 2. The SMILES string of the molecule is CCc1nc(Cl)[nH]c1CC. The van der Waals surface area contributed by atoms with Crippen LogP contribution in [0.2, 0.25) is 5.28 Å². The molecule has 1 aromatic heterocycles. The van der Waals surface area contributed by atoms with Gasteiger partial charge in [-0.05, 0) is 24.4 Å². The fourth-order valence-corrected chi connectivity index (χ4v) is 1.21. The highest BCUT2D eigenvalue weighted by atomic mass is 35.5. The van der Waals surface area contributed by atoms with Crippen molar-refractivity contribution in [2.24, 2.45) is 0 Å². The van der Waals surface area contributed by atoms with Gasteiger partial charge in [0.05, 0.1) is 5.69 Å². The minimum absolute atomic E-state index is 0.508. The Balaban J connectivity index is 2.96. The Kier molecular flexibility index (Phi) is 2.33. The first-order valence-electron chi connectivity index (χ1n) is 3.51. The van der Waals surface area contributed by atoms with Crippen molar-refractivity contribution in [2.75, 3.05) is 0 Å². The fraction of sp³-hybridized carbons (Fsp3) is 0.571. The van der Waals surface area contributed by atoms with E-state index >= 15 is 0 Å². The van der Waals surface area contributed by atoms with Crippen molar-refractivity contribution in [3.63, 3.8) is 0 Å². The quantitative estimate of drug-likeness (QED) is 0.703. The maximum atomic E-state index is 5.66. The van der Waals surface area contributed by atoms with E-state index in [1.54, 1.807) is 0 Å². The molecule has 0 aliphatic rings. The van der Waals surface area contributed by atoms with Gasteiger partial charge in [-0.15, -0.1) is 0 Å². The van der Waals surface area contributed by atoms with Crippen LogP contribution in [0.4, 0.5) is 0 Å². The van der Waals surface area contributed by atoms with E-state index in [2.05, 4.69) is 23.8 Å². The van der Waals surface area contributed by atoms with Crippen molar-refractivity contribution in [1.82, 2.24) is 9.97 Å². The second-order valence-electron chi connectivity index (χ2n) is 2.16. The zero-order chi connectivity index (χ0) is 7.56. The van der Waals surface area contributed by atoms with Crippen molar-refractivity contribution in [3.05, 3.63) is 16.7 Å². The average molecular weight is 159 g/mol. The van der Waals surface area contributed by atoms with Crippen molar-refractivity contribution >= 4 is 11.6 Å². The van der Waals surface area contributed by atoms with Gasteiger partial charge < -0.3 is 4.98 Å². The number of hydrogen-bond donors (Lipinski definition) is 1. The van der Waals surface area contributed by atoms with Gasteiger partial charge in [0.15, 0.2) is 5.28 Å². The molecule has 0 fully saturated rings. The summed E-state index contributed by atoms with van der Waals surface area (Å²) >= 11 is 5.66. The third-order valence-corrected chi connectivity index (χ3v) is 1.70. The Bertz CT molecular complexity index is 196. The Morgan fingerprint density at radius 3 is 2.50 bits per heavy atom. The monoisotopic (exact) mass is 158 g/mol. The lowest BCUT2D eigenvalue weighted by Crippen LogP contribution is -1.87. The number of nitrogens with zero attached hydrogens (tertiary/aromatic N) is 1. The van der Waals surface area contributed by atoms with Crippen LogP contribution in [0, 0.1) is 0 Å². The standard InChI is InChI=1S/C7H11ClN2/c1-3-5-6(4-2)10-7(8)9-5/h3-4H2,1-2H3,(H,9,10). The number of nitrogens with one attached hydrogen (secondary N) is 1. The molecule has 0 aromatic carbocycles. The van der Waals surface area contributed by atoms with E-state index < -0.39 is 0 Å². The van der Waals surface area contributed by atoms with Crippen LogP contribution in [0.3, 0.4) is 0 Å². The molecule has 1 heterocycles. The molecule has 10 heavy (non-hydrogen) atoms. The first kappa shape index (κ1) is 7.61. The summed E-state index contributed by atoms with van der Waals surface area (Å²) in [6.07, 6.45) is 1.93. The average Bonchev–Trinajstić information content (AvgIpc) is 2.30. The minimum atomic E-state index is 0.508. The summed E-state index contributed by atoms with van der Waals surface area (Å²) < 4.78 is 0. The van der Waals surface area contributed by atoms with E-state index in [0.29, 0.717) is 5.28 Å². The summed E-state index contributed by atoms with van der Waals surface area (Å²) in [5, 5.41) is 0.508. The van der Waals surface area contributed by atoms with Crippen LogP contribution in [0.25, 0.3) is 0 Å². The summed E-state index contributed by atoms with van der Waals surface area (Å²) in [4.78, 5) is 7.11. The van der Waals surface area contributed by atoms with Crippen LogP contribution in [-0.4, -0.2) is 9.97 Å². The molecule has 3 heteroatoms. The lowest BCUT2D eigenvalue weighted by atomic mass is 10.2. The van der Waals surface area contributed by atoms with Gasteiger partial charge in [0, 0.05) is 5.69 Å². The molecule has 0 bridgehead atoms. The maximum absolute atomic E-state index is 5.66. The van der Waals surface area contributed by atoms with E-state index in [0.717, 1.165) is 24.2 Å². The lowest BCUT2D eigenvalue weighted by molar-refractivity contribution is 0.979. The molecule has 0 atom stereocenters. The Morgan fingerprint density at radius 1 is 1.40 bits per heavy atom. The summed E-state index contributed by atoms with van der Waals surface area (Å²) in [5.41, 5.74) is 2.25. The summed E-state index contributed by atoms with van der Waals surface area (Å²) in [5.74, 6) is 0. The summed E-state index contributed by atoms with van der Waals surface area (Å²) in [6, 6.07) is 0. The molecule has 0 saturated carbocycles. The first-order valence-corrected chi connectivity index (χ1v) is 3.89. The largest absolute Gasteiger partial charge is 0.332 e. The predicted octanol–water partition coefficient (Wildman–Crippen LogP) is 2.19. The Labute approximate surface area is 65.6 Å². The van der Waals surface area contributed by atoms with E-state index in [9.17, 15) is 0 Å². The van der Waals surface area contributed by atoms with Gasteiger partial charge in [-0.1, -0.05) is 13.8 Å². The van der Waals surface area contributed by atoms with E-state index in [-0.39, 0.29) is 0 Å². The van der Waals surface area contributed by atoms with Gasteiger partial charge in [0.2, 0.25) is 0 Å². The van der Waals surface area contributed by atoms with Crippen LogP contribution in [0.5, 0.6) is 0 Å². The fourth-order valence-electron chi connectivity index (χ4n) is 0.995. The van der Waals surface area contributed by atoms with Crippen molar-refractivity contribution in [1.29, 1.82) is 0 Å². The summed E-state index contributed by atoms with van der Waals surface area (Å²) in [7, 11) is 0. The highest BCUT2D eigenvalue weighted by Gasteiger charge is 2.03. The van der Waals surface area contributed by atoms with Crippen LogP contribution in [0.15, 0.2) is 0 Å². The van der Waals surface area contributed by atoms with Crippen LogP contribution >= 0.6 is 11.6 Å². The van der Waals surface area contributed by atoms with Crippen LogP contribution in [-0.2, 0) is 12.8 Å². The van der Waals surface area contributed by atoms with Crippen LogP contribution in [0.1, 0.15) is 25.2 Å². The normalized spacial score (nSPS) is 10.3. The highest BCUT2D eigenvalue weighted by molar-refractivity contribution is 6.28. The third kappa shape index (κ3) is 1.32. The first-order chi connectivity index (χ1) is 4.77. The number of halogens is 1. The third-order valence-electron chi connectivity index (χ3n) is 1.52. The molecular formula is C7H11ClN2. The smallest absolute Gasteiger partial charge is 0.200 e. The van der Waals surface area contributed by atoms with Gasteiger partial charge in [-0.3, -0.25) is 0 Å². The predicted molar refractivity (Wildman–Crippen MR) is 42.4 cm³/mol. The van der Waals surface area contributed by atoms with Crippen LogP contribution < -0.4 is 0 Å². The minimum Gasteiger partial charge on any atom is -0.332 e. The lowest BCUT2D eigenvalue weighted by Gasteiger charge is -1.91. The summed E-state index contributed by atoms with van der Waals surface area (Å²) in [6.45, 7) is 4.16. The molecule has 0 saturated heterocycles. The molecule has 1 N–H and O–H groups in total. The molecule has 0 spiro atoms. The molecule has 2 nitrogen and oxygen atoms in total. The topological polar surface area (TPSA) is 28.7 Å². The van der Waals surface area contributed by atoms with Gasteiger partial charge in [0.25, 0.3) is 0 Å². The van der Waals surface area contributed by atoms with Crippen molar-refractivity contribution < 1.29 is 0 Å². The number of rotatable bonds is 2. The van der Waals surface area contributed by atoms with Gasteiger partial charge >= 0.3 is 0 Å². The Hall–Kier alpha value is -0.500. The zero-order valence-corrected chi connectivity index (χ0v) is 7.00. The van der Waals surface area contributed by atoms with Gasteiger partial charge in [-0.2, -0.15) is 0 Å². The maximum Gasteiger partial charge on any atom is 0.200 e. The van der Waals surface area contributed by atoms with Crippen molar-refractivity contribution in [3.8, 4) is 0 Å². The van der Waals surface area contributed by atoms with E-state index in [1.165, 1.54) is 0 Å². The second-order valence-corrected chi connectivity index (χ2v) is 2.52. The molecule has 0 aliphatic heterocycles. The Morgan fingerprint density at radius 2 is 2.10 bits per heavy atom. The van der Waals surface area contributed by atoms with E-state index in [4.69, 9.17) is 11.6 Å². The van der Waals surface area contributed by atoms with Gasteiger partial charge in [-0.25, -0.2) is 4.98 Å². The molecule has 0 amide bonds. The molecule has 0 radical (unpaired) electrons. The van der Waals surface area contributed by atoms with Gasteiger partial charge in [0.1, 0.15) is 0 Å².